The van der Waals surface area contributed by atoms with Crippen LogP contribution in [0.1, 0.15) is 10.4 Å². The molecule has 2 N–H and O–H groups in total. The molecule has 0 aliphatic heterocycles. The molecule has 1 aromatic carbocycles. The van der Waals surface area contributed by atoms with Gasteiger partial charge in [-0.05, 0) is 34.1 Å². The van der Waals surface area contributed by atoms with E-state index < -0.39 is 17.5 Å². The van der Waals surface area contributed by atoms with Gasteiger partial charge in [-0.3, -0.25) is 4.79 Å². The number of aromatic hydroxyl groups is 1. The average molecular weight is 316 g/mol. The zero-order chi connectivity index (χ0) is 12.4. The van der Waals surface area contributed by atoms with Crippen LogP contribution in [0.25, 0.3) is 0 Å². The molecule has 1 amide bonds. The first-order valence-electron chi connectivity index (χ1n) is 4.61. The second-order valence-corrected chi connectivity index (χ2v) is 5.52. The predicted octanol–water partition coefficient (Wildman–Crippen LogP) is 3.61. The van der Waals surface area contributed by atoms with Gasteiger partial charge in [0, 0.05) is 5.38 Å². The maximum atomic E-state index is 13.4. The molecule has 6 heteroatoms. The number of rotatable bonds is 2. The van der Waals surface area contributed by atoms with Crippen molar-refractivity contribution in [3.8, 4) is 5.75 Å². The van der Waals surface area contributed by atoms with Gasteiger partial charge in [-0.25, -0.2) is 4.39 Å². The van der Waals surface area contributed by atoms with Crippen LogP contribution in [0, 0.1) is 5.82 Å². The van der Waals surface area contributed by atoms with E-state index in [2.05, 4.69) is 21.2 Å². The molecule has 0 aliphatic rings. The van der Waals surface area contributed by atoms with Crippen molar-refractivity contribution < 1.29 is 14.3 Å². The summed E-state index contributed by atoms with van der Waals surface area (Å²) in [6, 6.07) is 5.69. The van der Waals surface area contributed by atoms with Gasteiger partial charge in [0.2, 0.25) is 0 Å². The van der Waals surface area contributed by atoms with Crippen molar-refractivity contribution in [2.45, 2.75) is 0 Å². The van der Waals surface area contributed by atoms with E-state index >= 15 is 0 Å². The summed E-state index contributed by atoms with van der Waals surface area (Å²) in [6.45, 7) is 0. The smallest absolute Gasteiger partial charge is 0.256 e. The molecule has 0 fully saturated rings. The first-order valence-corrected chi connectivity index (χ1v) is 6.28. The van der Waals surface area contributed by atoms with Gasteiger partial charge in [0.05, 0.1) is 15.0 Å². The van der Waals surface area contributed by atoms with E-state index in [4.69, 9.17) is 5.11 Å². The summed E-state index contributed by atoms with van der Waals surface area (Å²) in [6.07, 6.45) is 0. The Labute approximate surface area is 109 Å². The standard InChI is InChI=1S/C11H7BrFNO2S/c12-9-4-6(5-17-9)11(16)14-7-2-1-3-8(15)10(7)13/h1-5,15H,(H,14,16). The highest BCUT2D eigenvalue weighted by atomic mass is 79.9. The van der Waals surface area contributed by atoms with Gasteiger partial charge in [0.15, 0.2) is 11.6 Å². The van der Waals surface area contributed by atoms with Crippen LogP contribution in [0.3, 0.4) is 0 Å². The minimum Gasteiger partial charge on any atom is -0.505 e. The zero-order valence-electron chi connectivity index (χ0n) is 8.41. The van der Waals surface area contributed by atoms with Gasteiger partial charge >= 0.3 is 0 Å². The highest BCUT2D eigenvalue weighted by Gasteiger charge is 2.12. The number of amides is 1. The fourth-order valence-electron chi connectivity index (χ4n) is 1.24. The number of benzene rings is 1. The zero-order valence-corrected chi connectivity index (χ0v) is 10.8. The van der Waals surface area contributed by atoms with Crippen LogP contribution in [-0.2, 0) is 0 Å². The van der Waals surface area contributed by atoms with Crippen molar-refractivity contribution in [1.82, 2.24) is 0 Å². The molecule has 0 atom stereocenters. The number of thiophene rings is 1. The van der Waals surface area contributed by atoms with Crippen molar-refractivity contribution in [3.63, 3.8) is 0 Å². The molecule has 0 bridgehead atoms. The lowest BCUT2D eigenvalue weighted by molar-refractivity contribution is 0.102. The second-order valence-electron chi connectivity index (χ2n) is 3.23. The Hall–Kier alpha value is -1.40. The van der Waals surface area contributed by atoms with E-state index in [9.17, 15) is 9.18 Å². The second kappa shape index (κ2) is 4.85. The molecule has 0 aliphatic carbocycles. The molecule has 17 heavy (non-hydrogen) atoms. The first-order chi connectivity index (χ1) is 8.08. The van der Waals surface area contributed by atoms with Crippen molar-refractivity contribution in [2.75, 3.05) is 5.32 Å². The molecule has 1 heterocycles. The normalized spacial score (nSPS) is 10.2. The van der Waals surface area contributed by atoms with Gasteiger partial charge in [0.1, 0.15) is 0 Å². The minimum absolute atomic E-state index is 0.0441. The SMILES string of the molecule is O=C(Nc1cccc(O)c1F)c1csc(Br)c1. The fourth-order valence-corrected chi connectivity index (χ4v) is 2.38. The number of carbonyl (C=O) groups is 1. The predicted molar refractivity (Wildman–Crippen MR) is 68.0 cm³/mol. The minimum atomic E-state index is -0.838. The maximum absolute atomic E-state index is 13.4. The highest BCUT2D eigenvalue weighted by Crippen LogP contribution is 2.25. The van der Waals surface area contributed by atoms with Crippen molar-refractivity contribution in [1.29, 1.82) is 0 Å². The van der Waals surface area contributed by atoms with E-state index in [0.717, 1.165) is 3.79 Å². The molecule has 1 aromatic heterocycles. The number of phenols is 1. The summed E-state index contributed by atoms with van der Waals surface area (Å²) in [7, 11) is 0. The number of anilines is 1. The Morgan fingerprint density at radius 2 is 2.24 bits per heavy atom. The van der Waals surface area contributed by atoms with Crippen LogP contribution < -0.4 is 5.32 Å². The number of halogens is 2. The Kier molecular flexibility index (Phi) is 3.44. The number of hydrogen-bond acceptors (Lipinski definition) is 3. The summed E-state index contributed by atoms with van der Waals surface area (Å²) in [5, 5.41) is 13.2. The number of hydrogen-bond donors (Lipinski definition) is 2. The molecule has 3 nitrogen and oxygen atoms in total. The molecule has 2 rings (SSSR count). The van der Waals surface area contributed by atoms with E-state index in [-0.39, 0.29) is 5.69 Å². The van der Waals surface area contributed by atoms with Gasteiger partial charge in [0.25, 0.3) is 5.91 Å². The van der Waals surface area contributed by atoms with Crippen LogP contribution in [-0.4, -0.2) is 11.0 Å². The monoisotopic (exact) mass is 315 g/mol. The van der Waals surface area contributed by atoms with Crippen LogP contribution in [0.2, 0.25) is 0 Å². The van der Waals surface area contributed by atoms with E-state index in [1.54, 1.807) is 11.4 Å². The van der Waals surface area contributed by atoms with Crippen molar-refractivity contribution in [3.05, 3.63) is 44.8 Å². The quantitative estimate of drug-likeness (QED) is 0.889. The number of carbonyl (C=O) groups excluding carboxylic acids is 1. The summed E-state index contributed by atoms with van der Waals surface area (Å²) in [5.41, 5.74) is 0.391. The lowest BCUT2D eigenvalue weighted by Gasteiger charge is -2.05. The lowest BCUT2D eigenvalue weighted by atomic mass is 10.2. The van der Waals surface area contributed by atoms with Gasteiger partial charge in [-0.1, -0.05) is 6.07 Å². The average Bonchev–Trinajstić information content (AvgIpc) is 2.72. The molecule has 0 saturated heterocycles. The molecule has 0 unspecified atom stereocenters. The van der Waals surface area contributed by atoms with Crippen LogP contribution in [0.5, 0.6) is 5.75 Å². The van der Waals surface area contributed by atoms with Crippen molar-refractivity contribution in [2.24, 2.45) is 0 Å². The molecule has 0 radical (unpaired) electrons. The molecule has 88 valence electrons. The van der Waals surface area contributed by atoms with Gasteiger partial charge in [-0.15, -0.1) is 11.3 Å². The fraction of sp³-hybridized carbons (Fsp3) is 0. The Morgan fingerprint density at radius 1 is 1.47 bits per heavy atom. The third-order valence-electron chi connectivity index (χ3n) is 2.06. The first kappa shape index (κ1) is 12.1. The topological polar surface area (TPSA) is 49.3 Å². The highest BCUT2D eigenvalue weighted by molar-refractivity contribution is 9.11. The molecule has 0 saturated carbocycles. The third-order valence-corrected chi connectivity index (χ3v) is 3.56. The molecule has 0 spiro atoms. The van der Waals surface area contributed by atoms with Crippen LogP contribution in [0.4, 0.5) is 10.1 Å². The van der Waals surface area contributed by atoms with Crippen molar-refractivity contribution >= 4 is 38.9 Å². The van der Waals surface area contributed by atoms with E-state index in [1.807, 2.05) is 0 Å². The molecule has 2 aromatic rings. The van der Waals surface area contributed by atoms with E-state index in [1.165, 1.54) is 29.5 Å². The Balaban J connectivity index is 2.21. The molecular weight excluding hydrogens is 309 g/mol. The Morgan fingerprint density at radius 3 is 2.88 bits per heavy atom. The largest absolute Gasteiger partial charge is 0.505 e. The molecular formula is C11H7BrFNO2S. The van der Waals surface area contributed by atoms with Crippen LogP contribution in [0.15, 0.2) is 33.4 Å². The summed E-state index contributed by atoms with van der Waals surface area (Å²) < 4.78 is 14.2. The number of nitrogens with one attached hydrogen (secondary N) is 1. The third kappa shape index (κ3) is 2.65. The summed E-state index contributed by atoms with van der Waals surface area (Å²) in [5.74, 6) is -1.75. The summed E-state index contributed by atoms with van der Waals surface area (Å²) >= 11 is 4.60. The summed E-state index contributed by atoms with van der Waals surface area (Å²) in [4.78, 5) is 11.7. The maximum Gasteiger partial charge on any atom is 0.256 e. The van der Waals surface area contributed by atoms with Crippen LogP contribution >= 0.6 is 27.3 Å². The number of phenolic OH excluding ortho intramolecular Hbond substituents is 1. The van der Waals surface area contributed by atoms with E-state index in [0.29, 0.717) is 5.56 Å². The lowest BCUT2D eigenvalue weighted by Crippen LogP contribution is -2.11. The van der Waals surface area contributed by atoms with Gasteiger partial charge in [-0.2, -0.15) is 0 Å². The van der Waals surface area contributed by atoms with Gasteiger partial charge < -0.3 is 10.4 Å². The Bertz CT molecular complexity index is 570.